The zero-order chi connectivity index (χ0) is 17.5. The molecule has 0 aliphatic rings. The van der Waals surface area contributed by atoms with Crippen molar-refractivity contribution in [1.29, 1.82) is 0 Å². The molecule has 2 amide bonds. The van der Waals surface area contributed by atoms with Crippen molar-refractivity contribution < 1.29 is 9.59 Å². The minimum absolute atomic E-state index is 0.0693. The van der Waals surface area contributed by atoms with E-state index in [1.807, 2.05) is 31.2 Å². The van der Waals surface area contributed by atoms with Crippen molar-refractivity contribution in [3.05, 3.63) is 64.7 Å². The van der Waals surface area contributed by atoms with Gasteiger partial charge in [0.2, 0.25) is 11.8 Å². The average Bonchev–Trinajstić information content (AvgIpc) is 2.57. The Morgan fingerprint density at radius 1 is 1.12 bits per heavy atom. The molecule has 0 aromatic heterocycles. The maximum atomic E-state index is 12.0. The fourth-order valence-corrected chi connectivity index (χ4v) is 2.23. The van der Waals surface area contributed by atoms with Crippen LogP contribution in [0.1, 0.15) is 24.5 Å². The molecule has 0 spiro atoms. The molecule has 124 valence electrons. The van der Waals surface area contributed by atoms with Crippen molar-refractivity contribution in [3.8, 4) is 0 Å². The number of hydrogen-bond donors (Lipinski definition) is 2. The third-order valence-corrected chi connectivity index (χ3v) is 3.76. The summed E-state index contributed by atoms with van der Waals surface area (Å²) >= 11 is 6.05. The van der Waals surface area contributed by atoms with Crippen LogP contribution < -0.4 is 10.6 Å². The number of anilines is 2. The van der Waals surface area contributed by atoms with Crippen LogP contribution in [0.3, 0.4) is 0 Å². The molecule has 4 nitrogen and oxygen atoms in total. The molecule has 0 aliphatic carbocycles. The van der Waals surface area contributed by atoms with E-state index >= 15 is 0 Å². The Labute approximate surface area is 146 Å². The summed E-state index contributed by atoms with van der Waals surface area (Å²) in [4.78, 5) is 23.6. The molecule has 2 rings (SSSR count). The number of halogens is 1. The van der Waals surface area contributed by atoms with Gasteiger partial charge in [0.25, 0.3) is 0 Å². The zero-order valence-electron chi connectivity index (χ0n) is 13.6. The smallest absolute Gasteiger partial charge is 0.248 e. The molecule has 0 aliphatic heterocycles. The Hall–Kier alpha value is -2.59. The van der Waals surface area contributed by atoms with Gasteiger partial charge in [0.05, 0.1) is 0 Å². The van der Waals surface area contributed by atoms with Crippen LogP contribution in [-0.4, -0.2) is 11.8 Å². The second-order valence-corrected chi connectivity index (χ2v) is 5.68. The fourth-order valence-electron chi connectivity index (χ4n) is 2.03. The van der Waals surface area contributed by atoms with Crippen LogP contribution in [0.15, 0.2) is 48.5 Å². The van der Waals surface area contributed by atoms with Gasteiger partial charge >= 0.3 is 0 Å². The summed E-state index contributed by atoms with van der Waals surface area (Å²) in [5.74, 6) is -0.341. The maximum absolute atomic E-state index is 12.0. The predicted molar refractivity (Wildman–Crippen MR) is 99.2 cm³/mol. The summed E-state index contributed by atoms with van der Waals surface area (Å²) in [6, 6.07) is 12.7. The van der Waals surface area contributed by atoms with E-state index in [9.17, 15) is 9.59 Å². The lowest BCUT2D eigenvalue weighted by molar-refractivity contribution is -0.116. The zero-order valence-corrected chi connectivity index (χ0v) is 14.4. The highest BCUT2D eigenvalue weighted by Gasteiger charge is 2.05. The number of nitrogens with one attached hydrogen (secondary N) is 2. The number of carbonyl (C=O) groups excluding carboxylic acids is 2. The van der Waals surface area contributed by atoms with Crippen LogP contribution in [0, 0.1) is 6.92 Å². The first-order chi connectivity index (χ1) is 11.5. The van der Waals surface area contributed by atoms with Crippen LogP contribution in [0.4, 0.5) is 11.4 Å². The lowest BCUT2D eigenvalue weighted by atomic mass is 10.1. The molecule has 0 saturated carbocycles. The van der Waals surface area contributed by atoms with Gasteiger partial charge in [-0.3, -0.25) is 9.59 Å². The van der Waals surface area contributed by atoms with E-state index in [0.29, 0.717) is 22.8 Å². The molecule has 2 aromatic carbocycles. The Balaban J connectivity index is 2.07. The highest BCUT2D eigenvalue weighted by molar-refractivity contribution is 6.32. The fraction of sp³-hybridized carbons (Fsp3) is 0.158. The van der Waals surface area contributed by atoms with Gasteiger partial charge in [-0.2, -0.15) is 0 Å². The number of rotatable bonds is 5. The van der Waals surface area contributed by atoms with Gasteiger partial charge in [0.15, 0.2) is 0 Å². The molecular formula is C19H19ClN2O2. The van der Waals surface area contributed by atoms with Crippen LogP contribution >= 0.6 is 11.6 Å². The Morgan fingerprint density at radius 3 is 2.58 bits per heavy atom. The molecule has 2 aromatic rings. The molecule has 0 unspecified atom stereocenters. The van der Waals surface area contributed by atoms with Gasteiger partial charge in [-0.25, -0.2) is 0 Å². The monoisotopic (exact) mass is 342 g/mol. The van der Waals surface area contributed by atoms with Crippen molar-refractivity contribution in [1.82, 2.24) is 0 Å². The average molecular weight is 343 g/mol. The molecule has 0 bridgehead atoms. The van der Waals surface area contributed by atoms with E-state index in [0.717, 1.165) is 11.1 Å². The van der Waals surface area contributed by atoms with E-state index in [-0.39, 0.29) is 11.8 Å². The molecule has 24 heavy (non-hydrogen) atoms. The van der Waals surface area contributed by atoms with Crippen LogP contribution in [0.25, 0.3) is 6.08 Å². The highest BCUT2D eigenvalue weighted by atomic mass is 35.5. The second-order valence-electron chi connectivity index (χ2n) is 5.28. The summed E-state index contributed by atoms with van der Waals surface area (Å²) in [6.45, 7) is 3.68. The minimum Gasteiger partial charge on any atom is -0.326 e. The van der Waals surface area contributed by atoms with E-state index in [1.165, 1.54) is 6.08 Å². The summed E-state index contributed by atoms with van der Waals surface area (Å²) in [6.07, 6.45) is 3.48. The third-order valence-electron chi connectivity index (χ3n) is 3.42. The minimum atomic E-state index is -0.272. The van der Waals surface area contributed by atoms with Gasteiger partial charge < -0.3 is 10.6 Å². The summed E-state index contributed by atoms with van der Waals surface area (Å²) < 4.78 is 0. The van der Waals surface area contributed by atoms with Gasteiger partial charge in [0, 0.05) is 28.9 Å². The van der Waals surface area contributed by atoms with Crippen molar-refractivity contribution >= 4 is 40.9 Å². The van der Waals surface area contributed by atoms with Gasteiger partial charge in [-0.15, -0.1) is 0 Å². The highest BCUT2D eigenvalue weighted by Crippen LogP contribution is 2.21. The second kappa shape index (κ2) is 8.31. The lowest BCUT2D eigenvalue weighted by Crippen LogP contribution is -2.12. The number of amides is 2. The van der Waals surface area contributed by atoms with Crippen molar-refractivity contribution in [2.75, 3.05) is 10.6 Å². The molecule has 0 saturated heterocycles. The molecule has 0 fully saturated rings. The maximum Gasteiger partial charge on any atom is 0.248 e. The van der Waals surface area contributed by atoms with E-state index in [1.54, 1.807) is 31.2 Å². The van der Waals surface area contributed by atoms with Gasteiger partial charge in [-0.1, -0.05) is 42.8 Å². The topological polar surface area (TPSA) is 58.2 Å². The molecular weight excluding hydrogens is 324 g/mol. The largest absolute Gasteiger partial charge is 0.326 e. The normalized spacial score (nSPS) is 10.6. The van der Waals surface area contributed by atoms with Crippen LogP contribution in [0.5, 0.6) is 0 Å². The number of carbonyl (C=O) groups is 2. The first-order valence-corrected chi connectivity index (χ1v) is 8.01. The van der Waals surface area contributed by atoms with E-state index in [2.05, 4.69) is 10.6 Å². The van der Waals surface area contributed by atoms with Crippen molar-refractivity contribution in [2.24, 2.45) is 0 Å². The Kier molecular flexibility index (Phi) is 6.15. The van der Waals surface area contributed by atoms with Gasteiger partial charge in [0.1, 0.15) is 0 Å². The van der Waals surface area contributed by atoms with Crippen molar-refractivity contribution in [2.45, 2.75) is 20.3 Å². The van der Waals surface area contributed by atoms with Crippen LogP contribution in [-0.2, 0) is 9.59 Å². The number of benzene rings is 2. The van der Waals surface area contributed by atoms with E-state index < -0.39 is 0 Å². The molecule has 0 atom stereocenters. The molecule has 2 N–H and O–H groups in total. The predicted octanol–water partition coefficient (Wildman–Crippen LogP) is 4.65. The Morgan fingerprint density at radius 2 is 1.88 bits per heavy atom. The van der Waals surface area contributed by atoms with Gasteiger partial charge in [-0.05, 0) is 42.3 Å². The van der Waals surface area contributed by atoms with Crippen LogP contribution in [0.2, 0.25) is 5.02 Å². The lowest BCUT2D eigenvalue weighted by Gasteiger charge is -2.10. The first kappa shape index (κ1) is 17.8. The number of aryl methyl sites for hydroxylation is 1. The molecule has 0 radical (unpaired) electrons. The molecule has 5 heteroatoms. The molecule has 0 heterocycles. The quantitative estimate of drug-likeness (QED) is 0.777. The summed E-state index contributed by atoms with van der Waals surface area (Å²) in [5.41, 5.74) is 3.01. The third kappa shape index (κ3) is 4.96. The Bertz CT molecular complexity index is 785. The first-order valence-electron chi connectivity index (χ1n) is 7.63. The SMILES string of the molecule is CCC(=O)Nc1cc(NC(=O)/C=C/c2ccccc2Cl)ccc1C. The van der Waals surface area contributed by atoms with E-state index in [4.69, 9.17) is 11.6 Å². The number of hydrogen-bond acceptors (Lipinski definition) is 2. The van der Waals surface area contributed by atoms with Crippen molar-refractivity contribution in [3.63, 3.8) is 0 Å². The standard InChI is InChI=1S/C19H19ClN2O2/c1-3-18(23)22-17-12-15(10-8-13(17)2)21-19(24)11-9-14-6-4-5-7-16(14)20/h4-12H,3H2,1-2H3,(H,21,24)(H,22,23)/b11-9+. The summed E-state index contributed by atoms with van der Waals surface area (Å²) in [7, 11) is 0. The summed E-state index contributed by atoms with van der Waals surface area (Å²) in [5, 5.41) is 6.17.